The van der Waals surface area contributed by atoms with Crippen LogP contribution in [0.15, 0.2) is 18.2 Å². The molecule has 1 saturated heterocycles. The number of amides is 1. The highest BCUT2D eigenvalue weighted by atomic mass is 35.5. The normalized spacial score (nSPS) is 21.5. The van der Waals surface area contributed by atoms with E-state index in [9.17, 15) is 18.3 Å². The van der Waals surface area contributed by atoms with Crippen molar-refractivity contribution in [2.75, 3.05) is 32.9 Å². The minimum Gasteiger partial charge on any atom is -0.391 e. The van der Waals surface area contributed by atoms with Crippen LogP contribution in [0.1, 0.15) is 5.56 Å². The molecule has 134 valence electrons. The number of hydrogen-bond acceptors (Lipinski definition) is 4. The molecule has 24 heavy (non-hydrogen) atoms. The lowest BCUT2D eigenvalue weighted by Crippen LogP contribution is -2.34. The van der Waals surface area contributed by atoms with Crippen LogP contribution in [0.4, 0.5) is 0 Å². The van der Waals surface area contributed by atoms with Crippen LogP contribution in [-0.4, -0.2) is 67.7 Å². The van der Waals surface area contributed by atoms with Gasteiger partial charge in [-0.1, -0.05) is 29.3 Å². The summed E-state index contributed by atoms with van der Waals surface area (Å²) in [4.78, 5) is 13.9. The van der Waals surface area contributed by atoms with Crippen LogP contribution in [0, 0.1) is 5.92 Å². The largest absolute Gasteiger partial charge is 0.391 e. The molecule has 0 aliphatic carbocycles. The van der Waals surface area contributed by atoms with Gasteiger partial charge in [-0.2, -0.15) is 0 Å². The Morgan fingerprint density at radius 1 is 1.29 bits per heavy atom. The minimum atomic E-state index is -3.43. The summed E-state index contributed by atoms with van der Waals surface area (Å²) >= 11 is 11.8. The molecule has 0 saturated carbocycles. The number of likely N-dealkylation sites (tertiary alicyclic amines) is 1. The van der Waals surface area contributed by atoms with Gasteiger partial charge in [0.05, 0.1) is 28.3 Å². The van der Waals surface area contributed by atoms with Crippen LogP contribution in [-0.2, 0) is 21.2 Å². The Morgan fingerprint density at radius 2 is 1.96 bits per heavy atom. The number of aliphatic hydroxyl groups is 1. The van der Waals surface area contributed by atoms with E-state index in [2.05, 4.69) is 0 Å². The number of rotatable bonds is 5. The summed E-state index contributed by atoms with van der Waals surface area (Å²) < 4.78 is 25.0. The number of halogens is 2. The summed E-state index contributed by atoms with van der Waals surface area (Å²) in [5.74, 6) is -0.857. The van der Waals surface area contributed by atoms with Crippen molar-refractivity contribution in [1.82, 2.24) is 9.21 Å². The van der Waals surface area contributed by atoms with Gasteiger partial charge in [0, 0.05) is 33.1 Å². The number of nitrogens with zero attached hydrogens (tertiary/aromatic N) is 2. The van der Waals surface area contributed by atoms with Gasteiger partial charge < -0.3 is 10.0 Å². The van der Waals surface area contributed by atoms with Gasteiger partial charge in [0.2, 0.25) is 15.9 Å². The first-order chi connectivity index (χ1) is 11.1. The van der Waals surface area contributed by atoms with Gasteiger partial charge in [-0.05, 0) is 17.7 Å². The molecule has 6 nitrogen and oxygen atoms in total. The van der Waals surface area contributed by atoms with E-state index >= 15 is 0 Å². The van der Waals surface area contributed by atoms with Crippen molar-refractivity contribution in [2.24, 2.45) is 5.92 Å². The van der Waals surface area contributed by atoms with Crippen LogP contribution in [0.5, 0.6) is 0 Å². The number of hydrogen-bond donors (Lipinski definition) is 1. The van der Waals surface area contributed by atoms with Gasteiger partial charge in [0.15, 0.2) is 0 Å². The fourth-order valence-electron chi connectivity index (χ4n) is 2.58. The molecule has 0 bridgehead atoms. The van der Waals surface area contributed by atoms with Crippen molar-refractivity contribution in [3.05, 3.63) is 33.8 Å². The van der Waals surface area contributed by atoms with Crippen molar-refractivity contribution >= 4 is 39.1 Å². The van der Waals surface area contributed by atoms with Crippen LogP contribution in [0.2, 0.25) is 10.0 Å². The van der Waals surface area contributed by atoms with Gasteiger partial charge in [-0.3, -0.25) is 4.79 Å². The van der Waals surface area contributed by atoms with Crippen LogP contribution >= 0.6 is 23.2 Å². The maximum absolute atomic E-state index is 12.4. The molecule has 1 aromatic carbocycles. The molecule has 2 unspecified atom stereocenters. The molecular weight excluding hydrogens is 375 g/mol. The number of aliphatic hydroxyl groups excluding tert-OH is 1. The lowest BCUT2D eigenvalue weighted by molar-refractivity contribution is -0.129. The summed E-state index contributed by atoms with van der Waals surface area (Å²) in [6, 6.07) is 4.96. The van der Waals surface area contributed by atoms with E-state index in [-0.39, 0.29) is 31.2 Å². The molecule has 1 aliphatic rings. The molecule has 2 atom stereocenters. The molecule has 1 fully saturated rings. The lowest BCUT2D eigenvalue weighted by atomic mass is 10.1. The summed E-state index contributed by atoms with van der Waals surface area (Å²) in [6.45, 7) is 0.349. The molecule has 0 radical (unpaired) electrons. The van der Waals surface area contributed by atoms with Gasteiger partial charge >= 0.3 is 0 Å². The van der Waals surface area contributed by atoms with Gasteiger partial charge in [0.1, 0.15) is 0 Å². The number of β-amino-alcohol motifs (C(OH)–C–C–N with tert-alkyl or cyclic N) is 1. The van der Waals surface area contributed by atoms with E-state index in [1.807, 2.05) is 0 Å². The van der Waals surface area contributed by atoms with Crippen LogP contribution in [0.3, 0.4) is 0 Å². The molecular formula is C15H20Cl2N2O4S. The molecule has 1 aliphatic heterocycles. The van der Waals surface area contributed by atoms with Gasteiger partial charge in [-0.15, -0.1) is 0 Å². The minimum absolute atomic E-state index is 0.122. The maximum Gasteiger partial charge on any atom is 0.227 e. The summed E-state index contributed by atoms with van der Waals surface area (Å²) in [7, 11) is -0.533. The summed E-state index contributed by atoms with van der Waals surface area (Å²) in [5.41, 5.74) is 0.716. The van der Waals surface area contributed by atoms with E-state index in [1.165, 1.54) is 19.0 Å². The van der Waals surface area contributed by atoms with Crippen molar-refractivity contribution < 1.29 is 18.3 Å². The fraction of sp³-hybridized carbons (Fsp3) is 0.533. The van der Waals surface area contributed by atoms with Gasteiger partial charge in [-0.25, -0.2) is 12.7 Å². The standard InChI is InChI=1S/C15H20Cl2N2O4S/c1-18(2)24(22,23)9-11-7-19(8-14(11)20)15(21)6-10-3-4-12(16)13(17)5-10/h3-5,11,14,20H,6-9H2,1-2H3. The Balaban J connectivity index is 2.00. The second kappa shape index (κ2) is 7.58. The van der Waals surface area contributed by atoms with E-state index in [1.54, 1.807) is 18.2 Å². The predicted octanol–water partition coefficient (Wildman–Crippen LogP) is 1.25. The Hall–Kier alpha value is -0.860. The third kappa shape index (κ3) is 4.61. The Bertz CT molecular complexity index is 724. The highest BCUT2D eigenvalue weighted by Gasteiger charge is 2.37. The Labute approximate surface area is 152 Å². The molecule has 1 N–H and O–H groups in total. The van der Waals surface area contributed by atoms with E-state index in [0.717, 1.165) is 4.31 Å². The van der Waals surface area contributed by atoms with Crippen LogP contribution in [0.25, 0.3) is 0 Å². The zero-order chi connectivity index (χ0) is 18.1. The summed E-state index contributed by atoms with van der Waals surface area (Å²) in [5, 5.41) is 10.9. The number of benzene rings is 1. The molecule has 1 amide bonds. The molecule has 2 rings (SSSR count). The van der Waals surface area contributed by atoms with Crippen molar-refractivity contribution in [3.8, 4) is 0 Å². The monoisotopic (exact) mass is 394 g/mol. The first kappa shape index (κ1) is 19.5. The number of carbonyl (C=O) groups is 1. The van der Waals surface area contributed by atoms with E-state index < -0.39 is 22.0 Å². The van der Waals surface area contributed by atoms with Crippen molar-refractivity contribution in [3.63, 3.8) is 0 Å². The van der Waals surface area contributed by atoms with Crippen molar-refractivity contribution in [1.29, 1.82) is 0 Å². The first-order valence-corrected chi connectivity index (χ1v) is 9.76. The Kier molecular flexibility index (Phi) is 6.14. The van der Waals surface area contributed by atoms with Gasteiger partial charge in [0.25, 0.3) is 0 Å². The Morgan fingerprint density at radius 3 is 2.54 bits per heavy atom. The first-order valence-electron chi connectivity index (χ1n) is 7.40. The maximum atomic E-state index is 12.4. The third-order valence-electron chi connectivity index (χ3n) is 4.08. The highest BCUT2D eigenvalue weighted by Crippen LogP contribution is 2.24. The fourth-order valence-corrected chi connectivity index (χ4v) is 4.06. The van der Waals surface area contributed by atoms with Crippen LogP contribution < -0.4 is 0 Å². The second-order valence-electron chi connectivity index (χ2n) is 6.11. The lowest BCUT2D eigenvalue weighted by Gasteiger charge is -2.18. The molecule has 0 spiro atoms. The zero-order valence-electron chi connectivity index (χ0n) is 13.4. The average Bonchev–Trinajstić information content (AvgIpc) is 2.83. The topological polar surface area (TPSA) is 77.9 Å². The quantitative estimate of drug-likeness (QED) is 0.814. The van der Waals surface area contributed by atoms with E-state index in [4.69, 9.17) is 23.2 Å². The number of sulfonamides is 1. The molecule has 9 heteroatoms. The SMILES string of the molecule is CN(C)S(=O)(=O)CC1CN(C(=O)Cc2ccc(Cl)c(Cl)c2)CC1O. The highest BCUT2D eigenvalue weighted by molar-refractivity contribution is 7.89. The predicted molar refractivity (Wildman–Crippen MR) is 93.7 cm³/mol. The van der Waals surface area contributed by atoms with Crippen molar-refractivity contribution in [2.45, 2.75) is 12.5 Å². The molecule has 1 heterocycles. The molecule has 1 aromatic rings. The smallest absolute Gasteiger partial charge is 0.227 e. The average molecular weight is 395 g/mol. The number of carbonyl (C=O) groups excluding carboxylic acids is 1. The zero-order valence-corrected chi connectivity index (χ0v) is 15.8. The second-order valence-corrected chi connectivity index (χ2v) is 9.15. The summed E-state index contributed by atoms with van der Waals surface area (Å²) in [6.07, 6.45) is -0.728. The third-order valence-corrected chi connectivity index (χ3v) is 6.78. The van der Waals surface area contributed by atoms with E-state index in [0.29, 0.717) is 15.6 Å². The molecule has 0 aromatic heterocycles.